The fraction of sp³-hybridized carbons (Fsp3) is 0.286. The summed E-state index contributed by atoms with van der Waals surface area (Å²) < 4.78 is 2.23. The molecule has 0 spiro atoms. The fourth-order valence-electron chi connectivity index (χ4n) is 2.24. The van der Waals surface area contributed by atoms with E-state index in [4.69, 9.17) is 10.7 Å². The van der Waals surface area contributed by atoms with Crippen LogP contribution in [0, 0.1) is 0 Å². The highest BCUT2D eigenvalue weighted by Crippen LogP contribution is 2.25. The van der Waals surface area contributed by atoms with E-state index in [1.165, 1.54) is 0 Å². The molecule has 1 aromatic carbocycles. The Morgan fingerprint density at radius 1 is 1.37 bits per heavy atom. The van der Waals surface area contributed by atoms with Gasteiger partial charge in [-0.05, 0) is 18.2 Å². The van der Waals surface area contributed by atoms with Gasteiger partial charge >= 0.3 is 0 Å². The zero-order valence-electron chi connectivity index (χ0n) is 11.0. The molecule has 0 radical (unpaired) electrons. The second kappa shape index (κ2) is 4.66. The van der Waals surface area contributed by atoms with Gasteiger partial charge in [0.25, 0.3) is 0 Å². The van der Waals surface area contributed by atoms with Crippen LogP contribution in [-0.2, 0) is 6.54 Å². The lowest BCUT2D eigenvalue weighted by Gasteiger charge is -2.09. The summed E-state index contributed by atoms with van der Waals surface area (Å²) >= 11 is 1.67. The number of anilines is 1. The summed E-state index contributed by atoms with van der Waals surface area (Å²) in [6.07, 6.45) is 1.84. The molecule has 0 atom stereocenters. The number of benzene rings is 1. The Bertz CT molecular complexity index is 698. The van der Waals surface area contributed by atoms with E-state index < -0.39 is 0 Å². The lowest BCUT2D eigenvalue weighted by Crippen LogP contribution is -2.06. The molecule has 0 aliphatic rings. The second-order valence-electron chi connectivity index (χ2n) is 4.88. The second-order valence-corrected chi connectivity index (χ2v) is 5.86. The number of imidazole rings is 1. The summed E-state index contributed by atoms with van der Waals surface area (Å²) in [6, 6.07) is 5.89. The predicted octanol–water partition coefficient (Wildman–Crippen LogP) is 3.25. The maximum atomic E-state index is 5.84. The third-order valence-corrected chi connectivity index (χ3v) is 3.86. The van der Waals surface area contributed by atoms with Gasteiger partial charge in [-0.25, -0.2) is 9.97 Å². The van der Waals surface area contributed by atoms with Gasteiger partial charge in [0, 0.05) is 23.2 Å². The van der Waals surface area contributed by atoms with Crippen molar-refractivity contribution < 1.29 is 0 Å². The molecule has 4 nitrogen and oxygen atoms in total. The normalized spacial score (nSPS) is 11.5. The van der Waals surface area contributed by atoms with Gasteiger partial charge in [0.05, 0.1) is 17.6 Å². The minimum atomic E-state index is 0.369. The third-order valence-electron chi connectivity index (χ3n) is 3.10. The molecule has 0 unspecified atom stereocenters. The average Bonchev–Trinajstić information content (AvgIpc) is 2.97. The molecule has 0 saturated carbocycles. The van der Waals surface area contributed by atoms with E-state index in [0.29, 0.717) is 5.92 Å². The summed E-state index contributed by atoms with van der Waals surface area (Å²) in [7, 11) is 0. The summed E-state index contributed by atoms with van der Waals surface area (Å²) in [4.78, 5) is 9.07. The fourth-order valence-corrected chi connectivity index (χ4v) is 2.84. The molecule has 2 N–H and O–H groups in total. The highest BCUT2D eigenvalue weighted by atomic mass is 32.1. The van der Waals surface area contributed by atoms with E-state index in [0.717, 1.165) is 34.1 Å². The Labute approximate surface area is 115 Å². The average molecular weight is 272 g/mol. The van der Waals surface area contributed by atoms with E-state index >= 15 is 0 Å². The largest absolute Gasteiger partial charge is 0.399 e. The van der Waals surface area contributed by atoms with Crippen molar-refractivity contribution in [2.24, 2.45) is 0 Å². The Hall–Kier alpha value is -1.88. The van der Waals surface area contributed by atoms with Crippen LogP contribution in [0.25, 0.3) is 11.0 Å². The summed E-state index contributed by atoms with van der Waals surface area (Å²) in [5.74, 6) is 1.45. The van der Waals surface area contributed by atoms with Crippen molar-refractivity contribution in [3.8, 4) is 0 Å². The van der Waals surface area contributed by atoms with Crippen molar-refractivity contribution >= 4 is 28.1 Å². The number of nitrogens with zero attached hydrogens (tertiary/aromatic N) is 3. The zero-order valence-corrected chi connectivity index (χ0v) is 11.8. The van der Waals surface area contributed by atoms with E-state index in [9.17, 15) is 0 Å². The van der Waals surface area contributed by atoms with Gasteiger partial charge in [-0.15, -0.1) is 11.3 Å². The van der Waals surface area contributed by atoms with Gasteiger partial charge in [0.15, 0.2) is 0 Å². The third kappa shape index (κ3) is 2.21. The van der Waals surface area contributed by atoms with Gasteiger partial charge in [-0.2, -0.15) is 0 Å². The van der Waals surface area contributed by atoms with Gasteiger partial charge in [-0.1, -0.05) is 13.8 Å². The predicted molar refractivity (Wildman–Crippen MR) is 79.5 cm³/mol. The van der Waals surface area contributed by atoms with Gasteiger partial charge in [0.2, 0.25) is 0 Å². The van der Waals surface area contributed by atoms with Crippen LogP contribution >= 0.6 is 11.3 Å². The quantitative estimate of drug-likeness (QED) is 0.745. The first-order valence-electron chi connectivity index (χ1n) is 6.29. The van der Waals surface area contributed by atoms with Crippen molar-refractivity contribution in [1.82, 2.24) is 14.5 Å². The van der Waals surface area contributed by atoms with Crippen LogP contribution in [0.1, 0.15) is 30.6 Å². The number of aromatic nitrogens is 3. The number of nitrogens with two attached hydrogens (primary N) is 1. The maximum Gasteiger partial charge on any atom is 0.112 e. The molecular weight excluding hydrogens is 256 g/mol. The molecule has 0 fully saturated rings. The van der Waals surface area contributed by atoms with E-state index in [1.54, 1.807) is 11.3 Å². The molecule has 2 heterocycles. The minimum absolute atomic E-state index is 0.369. The monoisotopic (exact) mass is 272 g/mol. The first-order valence-corrected chi connectivity index (χ1v) is 7.17. The van der Waals surface area contributed by atoms with E-state index in [2.05, 4.69) is 23.4 Å². The van der Waals surface area contributed by atoms with Crippen molar-refractivity contribution in [2.45, 2.75) is 26.3 Å². The lowest BCUT2D eigenvalue weighted by atomic mass is 10.2. The molecule has 0 aliphatic carbocycles. The molecule has 2 aromatic heterocycles. The van der Waals surface area contributed by atoms with Crippen LogP contribution in [0.4, 0.5) is 5.69 Å². The summed E-state index contributed by atoms with van der Waals surface area (Å²) in [5.41, 5.74) is 8.66. The minimum Gasteiger partial charge on any atom is -0.399 e. The SMILES string of the molecule is CC(C)c1nc2cc(N)ccc2n1Cc1nccs1. The van der Waals surface area contributed by atoms with Crippen molar-refractivity contribution in [2.75, 3.05) is 5.73 Å². The molecule has 0 aliphatic heterocycles. The Balaban J connectivity index is 2.16. The molecular formula is C14H16N4S. The standard InChI is InChI=1S/C14H16N4S/c1-9(2)14-17-11-7-10(15)3-4-12(11)18(14)8-13-16-5-6-19-13/h3-7,9H,8,15H2,1-2H3. The van der Waals surface area contributed by atoms with Crippen LogP contribution in [-0.4, -0.2) is 14.5 Å². The van der Waals surface area contributed by atoms with Crippen LogP contribution in [0.2, 0.25) is 0 Å². The molecule has 0 bridgehead atoms. The van der Waals surface area contributed by atoms with Crippen LogP contribution in [0.3, 0.4) is 0 Å². The maximum absolute atomic E-state index is 5.84. The molecule has 0 amide bonds. The van der Waals surface area contributed by atoms with Gasteiger partial charge in [-0.3, -0.25) is 0 Å². The van der Waals surface area contributed by atoms with Gasteiger partial charge < -0.3 is 10.3 Å². The number of rotatable bonds is 3. The lowest BCUT2D eigenvalue weighted by molar-refractivity contribution is 0.681. The molecule has 5 heteroatoms. The highest BCUT2D eigenvalue weighted by Gasteiger charge is 2.14. The van der Waals surface area contributed by atoms with Crippen LogP contribution in [0.5, 0.6) is 0 Å². The smallest absolute Gasteiger partial charge is 0.112 e. The topological polar surface area (TPSA) is 56.7 Å². The number of fused-ring (bicyclic) bond motifs is 1. The van der Waals surface area contributed by atoms with E-state index in [1.807, 2.05) is 29.8 Å². The zero-order chi connectivity index (χ0) is 13.4. The molecule has 0 saturated heterocycles. The summed E-state index contributed by atoms with van der Waals surface area (Å²) in [6.45, 7) is 5.08. The molecule has 19 heavy (non-hydrogen) atoms. The van der Waals surface area contributed by atoms with Crippen molar-refractivity contribution in [1.29, 1.82) is 0 Å². The number of hydrogen-bond acceptors (Lipinski definition) is 4. The van der Waals surface area contributed by atoms with Crippen LogP contribution < -0.4 is 5.73 Å². The summed E-state index contributed by atoms with van der Waals surface area (Å²) in [5, 5.41) is 3.10. The Kier molecular flexibility index (Phi) is 2.98. The molecule has 3 rings (SSSR count). The van der Waals surface area contributed by atoms with Crippen LogP contribution in [0.15, 0.2) is 29.8 Å². The first kappa shape index (κ1) is 12.2. The van der Waals surface area contributed by atoms with Crippen molar-refractivity contribution in [3.05, 3.63) is 40.6 Å². The van der Waals surface area contributed by atoms with Crippen molar-refractivity contribution in [3.63, 3.8) is 0 Å². The molecule has 3 aromatic rings. The number of hydrogen-bond donors (Lipinski definition) is 1. The highest BCUT2D eigenvalue weighted by molar-refractivity contribution is 7.09. The van der Waals surface area contributed by atoms with Gasteiger partial charge in [0.1, 0.15) is 10.8 Å². The molecule has 98 valence electrons. The Morgan fingerprint density at radius 2 is 2.21 bits per heavy atom. The Morgan fingerprint density at radius 3 is 2.89 bits per heavy atom. The van der Waals surface area contributed by atoms with E-state index in [-0.39, 0.29) is 0 Å². The number of thiazole rings is 1. The first-order chi connectivity index (χ1) is 9.15. The number of nitrogen functional groups attached to an aromatic ring is 1.